The predicted molar refractivity (Wildman–Crippen MR) is 63.6 cm³/mol. The van der Waals surface area contributed by atoms with Gasteiger partial charge in [-0.25, -0.2) is 0 Å². The molecule has 1 heterocycles. The molecule has 0 radical (unpaired) electrons. The summed E-state index contributed by atoms with van der Waals surface area (Å²) in [5.74, 6) is 1.87. The lowest BCUT2D eigenvalue weighted by Gasteiger charge is -2.34. The van der Waals surface area contributed by atoms with Gasteiger partial charge in [0.25, 0.3) is 0 Å². The molecule has 2 aliphatic rings. The molecular formula is C12H22BN. The fraction of sp³-hybridized carbons (Fsp3) is 0.833. The molecule has 0 aromatic rings. The van der Waals surface area contributed by atoms with E-state index >= 15 is 0 Å². The first-order valence-electron chi connectivity index (χ1n) is 6.28. The molecule has 1 aliphatic carbocycles. The van der Waals surface area contributed by atoms with Gasteiger partial charge in [-0.05, 0) is 37.6 Å². The number of nitrogens with one attached hydrogen (secondary N) is 1. The molecule has 0 amide bonds. The Morgan fingerprint density at radius 3 is 3.14 bits per heavy atom. The van der Waals surface area contributed by atoms with Crippen LogP contribution in [0.4, 0.5) is 0 Å². The van der Waals surface area contributed by atoms with Crippen LogP contribution in [0.25, 0.3) is 0 Å². The highest BCUT2D eigenvalue weighted by Gasteiger charge is 2.31. The standard InChI is InChI=1S/C12H22BN/c1-2-3-7-14-13-9-11-5-4-6-12(8-11)10-13/h4-5,11-12,14H,2-3,6-10H2,1H3. The Bertz CT molecular complexity index is 202. The first-order valence-corrected chi connectivity index (χ1v) is 6.28. The van der Waals surface area contributed by atoms with Gasteiger partial charge in [-0.15, -0.1) is 0 Å². The van der Waals surface area contributed by atoms with Crippen LogP contribution in [0.2, 0.25) is 12.6 Å². The van der Waals surface area contributed by atoms with Crippen LogP contribution >= 0.6 is 0 Å². The Morgan fingerprint density at radius 1 is 1.43 bits per heavy atom. The Kier molecular flexibility index (Phi) is 3.69. The number of unbranched alkanes of at least 4 members (excludes halogenated alkanes) is 1. The zero-order valence-electron chi connectivity index (χ0n) is 9.34. The monoisotopic (exact) mass is 191 g/mol. The Hall–Kier alpha value is -0.235. The quantitative estimate of drug-likeness (QED) is 0.409. The highest BCUT2D eigenvalue weighted by Crippen LogP contribution is 2.35. The van der Waals surface area contributed by atoms with Crippen molar-refractivity contribution in [3.63, 3.8) is 0 Å². The van der Waals surface area contributed by atoms with Crippen LogP contribution in [0.1, 0.15) is 32.6 Å². The Labute approximate surface area is 88.4 Å². The molecule has 1 aliphatic heterocycles. The molecule has 2 unspecified atom stereocenters. The van der Waals surface area contributed by atoms with Crippen LogP contribution in [0.15, 0.2) is 12.2 Å². The van der Waals surface area contributed by atoms with Crippen molar-refractivity contribution < 1.29 is 0 Å². The highest BCUT2D eigenvalue weighted by atomic mass is 14.8. The second-order valence-electron chi connectivity index (χ2n) is 5.00. The maximum absolute atomic E-state index is 3.72. The molecule has 2 atom stereocenters. The first kappa shape index (κ1) is 10.3. The zero-order valence-corrected chi connectivity index (χ0v) is 9.34. The van der Waals surface area contributed by atoms with Crippen molar-refractivity contribution in [1.29, 1.82) is 0 Å². The molecule has 1 fully saturated rings. The average Bonchev–Trinajstić information content (AvgIpc) is 2.18. The molecule has 1 saturated heterocycles. The average molecular weight is 191 g/mol. The van der Waals surface area contributed by atoms with Gasteiger partial charge in [0.2, 0.25) is 6.85 Å². The van der Waals surface area contributed by atoms with E-state index in [1.54, 1.807) is 0 Å². The maximum atomic E-state index is 3.72. The van der Waals surface area contributed by atoms with E-state index < -0.39 is 0 Å². The Morgan fingerprint density at radius 2 is 2.36 bits per heavy atom. The lowest BCUT2D eigenvalue weighted by atomic mass is 9.45. The molecule has 1 nitrogen and oxygen atoms in total. The number of allylic oxidation sites excluding steroid dienone is 2. The highest BCUT2D eigenvalue weighted by molar-refractivity contribution is 6.56. The SMILES string of the molecule is CCCCNB1CC2C=CCC(C1)C2. The second-order valence-corrected chi connectivity index (χ2v) is 5.00. The first-order chi connectivity index (χ1) is 6.88. The molecule has 1 N–H and O–H groups in total. The molecule has 0 spiro atoms. The molecule has 14 heavy (non-hydrogen) atoms. The fourth-order valence-corrected chi connectivity index (χ4v) is 2.95. The topological polar surface area (TPSA) is 12.0 Å². The third kappa shape index (κ3) is 2.63. The van der Waals surface area contributed by atoms with Crippen molar-refractivity contribution in [1.82, 2.24) is 5.23 Å². The molecule has 0 aromatic heterocycles. The molecule has 78 valence electrons. The molecule has 2 rings (SSSR count). The second kappa shape index (κ2) is 5.02. The largest absolute Gasteiger partial charge is 0.356 e. The predicted octanol–water partition coefficient (Wildman–Crippen LogP) is 2.96. The summed E-state index contributed by atoms with van der Waals surface area (Å²) in [6, 6.07) is 0. The van der Waals surface area contributed by atoms with Crippen LogP contribution in [0, 0.1) is 11.8 Å². The van der Waals surface area contributed by atoms with Gasteiger partial charge in [-0.2, -0.15) is 0 Å². The van der Waals surface area contributed by atoms with Crippen molar-refractivity contribution >= 4 is 6.85 Å². The van der Waals surface area contributed by atoms with Gasteiger partial charge in [0.05, 0.1) is 0 Å². The lowest BCUT2D eigenvalue weighted by molar-refractivity contribution is 0.416. The van der Waals surface area contributed by atoms with E-state index in [0.717, 1.165) is 18.7 Å². The summed E-state index contributed by atoms with van der Waals surface area (Å²) in [5.41, 5.74) is 0. The van der Waals surface area contributed by atoms with Crippen LogP contribution in [-0.4, -0.2) is 13.4 Å². The van der Waals surface area contributed by atoms with Crippen molar-refractivity contribution in [2.45, 2.75) is 45.2 Å². The van der Waals surface area contributed by atoms with Crippen molar-refractivity contribution in [3.8, 4) is 0 Å². The van der Waals surface area contributed by atoms with E-state index in [4.69, 9.17) is 0 Å². The van der Waals surface area contributed by atoms with Crippen LogP contribution in [0.5, 0.6) is 0 Å². The van der Waals surface area contributed by atoms with E-state index in [2.05, 4.69) is 24.3 Å². The minimum absolute atomic E-state index is 0.815. The van der Waals surface area contributed by atoms with Crippen LogP contribution in [-0.2, 0) is 0 Å². The molecule has 0 aromatic carbocycles. The molecular weight excluding hydrogens is 169 g/mol. The van der Waals surface area contributed by atoms with Crippen molar-refractivity contribution in [3.05, 3.63) is 12.2 Å². The summed E-state index contributed by atoms with van der Waals surface area (Å²) >= 11 is 0. The van der Waals surface area contributed by atoms with Gasteiger partial charge in [0.1, 0.15) is 0 Å². The van der Waals surface area contributed by atoms with Crippen molar-refractivity contribution in [2.24, 2.45) is 11.8 Å². The van der Waals surface area contributed by atoms with Gasteiger partial charge in [0.15, 0.2) is 0 Å². The van der Waals surface area contributed by atoms with Gasteiger partial charge < -0.3 is 5.23 Å². The van der Waals surface area contributed by atoms with Gasteiger partial charge in [-0.1, -0.05) is 38.1 Å². The van der Waals surface area contributed by atoms with Crippen molar-refractivity contribution in [2.75, 3.05) is 6.54 Å². The molecule has 2 bridgehead atoms. The molecule has 0 saturated carbocycles. The van der Waals surface area contributed by atoms with E-state index in [1.807, 2.05) is 0 Å². The van der Waals surface area contributed by atoms with E-state index in [0.29, 0.717) is 0 Å². The minimum atomic E-state index is 0.815. The lowest BCUT2D eigenvalue weighted by Crippen LogP contribution is -2.41. The third-order valence-electron chi connectivity index (χ3n) is 3.68. The van der Waals surface area contributed by atoms with Gasteiger partial charge >= 0.3 is 0 Å². The number of hydrogen-bond donors (Lipinski definition) is 1. The van der Waals surface area contributed by atoms with Gasteiger partial charge in [-0.3, -0.25) is 0 Å². The van der Waals surface area contributed by atoms with Crippen LogP contribution < -0.4 is 5.23 Å². The maximum Gasteiger partial charge on any atom is 0.221 e. The minimum Gasteiger partial charge on any atom is -0.356 e. The van der Waals surface area contributed by atoms with E-state index in [1.165, 1.54) is 44.9 Å². The van der Waals surface area contributed by atoms with E-state index in [9.17, 15) is 0 Å². The Balaban J connectivity index is 1.76. The number of fused-ring (bicyclic) bond motifs is 2. The summed E-state index contributed by atoms with van der Waals surface area (Å²) in [7, 11) is 0. The summed E-state index contributed by atoms with van der Waals surface area (Å²) < 4.78 is 0. The summed E-state index contributed by atoms with van der Waals surface area (Å²) in [5, 5.41) is 3.72. The normalized spacial score (nSPS) is 30.8. The third-order valence-corrected chi connectivity index (χ3v) is 3.68. The van der Waals surface area contributed by atoms with Gasteiger partial charge in [0, 0.05) is 0 Å². The van der Waals surface area contributed by atoms with E-state index in [-0.39, 0.29) is 0 Å². The number of rotatable bonds is 4. The smallest absolute Gasteiger partial charge is 0.221 e. The zero-order chi connectivity index (χ0) is 9.80. The summed E-state index contributed by atoms with van der Waals surface area (Å²) in [6.07, 6.45) is 13.1. The summed E-state index contributed by atoms with van der Waals surface area (Å²) in [6.45, 7) is 4.31. The fourth-order valence-electron chi connectivity index (χ4n) is 2.95. The van der Waals surface area contributed by atoms with Crippen LogP contribution in [0.3, 0.4) is 0 Å². The summed E-state index contributed by atoms with van der Waals surface area (Å²) in [4.78, 5) is 0. The molecule has 2 heteroatoms. The number of hydrogen-bond acceptors (Lipinski definition) is 1.